The topological polar surface area (TPSA) is 62.5 Å². The van der Waals surface area contributed by atoms with Gasteiger partial charge in [0.1, 0.15) is 0 Å². The van der Waals surface area contributed by atoms with Crippen molar-refractivity contribution in [2.45, 2.75) is 44.2 Å². The summed E-state index contributed by atoms with van der Waals surface area (Å²) >= 11 is 0. The summed E-state index contributed by atoms with van der Waals surface area (Å²) in [5.41, 5.74) is 1.31. The molecule has 1 aliphatic heterocycles. The van der Waals surface area contributed by atoms with Gasteiger partial charge in [0, 0.05) is 5.56 Å². The van der Waals surface area contributed by atoms with Gasteiger partial charge in [-0.05, 0) is 32.3 Å². The van der Waals surface area contributed by atoms with E-state index in [-0.39, 0.29) is 6.42 Å². The van der Waals surface area contributed by atoms with Crippen molar-refractivity contribution < 1.29 is 9.53 Å². The first-order valence-electron chi connectivity index (χ1n) is 6.77. The Morgan fingerprint density at radius 2 is 2.15 bits per heavy atom. The van der Waals surface area contributed by atoms with Gasteiger partial charge in [0.15, 0.2) is 11.1 Å². The Morgan fingerprint density at radius 3 is 2.90 bits per heavy atom. The van der Waals surface area contributed by atoms with Crippen LogP contribution in [0.3, 0.4) is 0 Å². The Hall–Kier alpha value is -2.15. The molecule has 1 aliphatic carbocycles. The number of aryl methyl sites for hydroxylation is 1. The molecule has 0 N–H and O–H groups in total. The van der Waals surface area contributed by atoms with Crippen LogP contribution in [0.15, 0.2) is 29.3 Å². The van der Waals surface area contributed by atoms with Crippen LogP contribution in [0.25, 0.3) is 0 Å². The fourth-order valence-corrected chi connectivity index (χ4v) is 2.90. The third kappa shape index (κ3) is 1.74. The van der Waals surface area contributed by atoms with Crippen molar-refractivity contribution >= 4 is 11.7 Å². The Morgan fingerprint density at radius 1 is 1.40 bits per heavy atom. The molecule has 0 fully saturated rings. The zero-order valence-corrected chi connectivity index (χ0v) is 11.6. The van der Waals surface area contributed by atoms with Crippen LogP contribution >= 0.6 is 0 Å². The Bertz CT molecular complexity index is 659. The molecule has 3 rings (SSSR count). The maximum Gasteiger partial charge on any atom is 0.335 e. The molecule has 2 atom stereocenters. The van der Waals surface area contributed by atoms with E-state index in [1.54, 1.807) is 6.92 Å². The van der Waals surface area contributed by atoms with Crippen molar-refractivity contribution in [3.63, 3.8) is 0 Å². The Kier molecular flexibility index (Phi) is 2.68. The van der Waals surface area contributed by atoms with E-state index in [2.05, 4.69) is 11.1 Å². The monoisotopic (exact) mass is 268 g/mol. The number of ether oxygens (including phenoxy) is 1. The average molecular weight is 268 g/mol. The van der Waals surface area contributed by atoms with Gasteiger partial charge < -0.3 is 4.74 Å². The van der Waals surface area contributed by atoms with Crippen LogP contribution < -0.4 is 0 Å². The maximum atomic E-state index is 12.2. The molecule has 0 saturated heterocycles. The molecule has 20 heavy (non-hydrogen) atoms. The summed E-state index contributed by atoms with van der Waals surface area (Å²) in [5, 5.41) is 8.93. The number of benzene rings is 1. The first-order chi connectivity index (χ1) is 9.48. The molecule has 1 heterocycles. The summed E-state index contributed by atoms with van der Waals surface area (Å²) < 4.78 is 5.68. The molecule has 0 aromatic heterocycles. The van der Waals surface area contributed by atoms with Crippen molar-refractivity contribution in [3.05, 3.63) is 35.4 Å². The number of fused-ring (bicyclic) bond motifs is 3. The summed E-state index contributed by atoms with van der Waals surface area (Å²) in [6.07, 6.45) is 1.64. The minimum absolute atomic E-state index is 0.0353. The lowest BCUT2D eigenvalue weighted by atomic mass is 9.77. The van der Waals surface area contributed by atoms with E-state index >= 15 is 0 Å². The van der Waals surface area contributed by atoms with Crippen LogP contribution in [0.1, 0.15) is 37.8 Å². The van der Waals surface area contributed by atoms with Gasteiger partial charge in [0.25, 0.3) is 0 Å². The van der Waals surface area contributed by atoms with E-state index in [9.17, 15) is 4.79 Å². The van der Waals surface area contributed by atoms with Gasteiger partial charge in [0.05, 0.1) is 18.2 Å². The highest BCUT2D eigenvalue weighted by molar-refractivity contribution is 6.12. The molecule has 0 amide bonds. The number of nitrogens with zero attached hydrogens (tertiary/aromatic N) is 2. The first kappa shape index (κ1) is 12.9. The molecule has 2 aliphatic rings. The molecule has 0 bridgehead atoms. The average Bonchev–Trinajstić information content (AvgIpc) is 2.42. The van der Waals surface area contributed by atoms with Gasteiger partial charge in [0.2, 0.25) is 0 Å². The fraction of sp³-hybridized carbons (Fsp3) is 0.438. The van der Waals surface area contributed by atoms with Crippen LogP contribution in [0.4, 0.5) is 0 Å². The molecule has 4 heteroatoms. The number of nitriles is 1. The molecule has 0 unspecified atom stereocenters. The quantitative estimate of drug-likeness (QED) is 0.735. The summed E-state index contributed by atoms with van der Waals surface area (Å²) in [6.45, 7) is 3.58. The normalized spacial score (nSPS) is 31.4. The van der Waals surface area contributed by atoms with Crippen molar-refractivity contribution in [1.29, 1.82) is 5.26 Å². The van der Waals surface area contributed by atoms with Gasteiger partial charge in [-0.3, -0.25) is 4.99 Å². The van der Waals surface area contributed by atoms with E-state index in [1.165, 1.54) is 5.56 Å². The molecule has 1 aromatic rings. The lowest BCUT2D eigenvalue weighted by Crippen LogP contribution is -2.54. The van der Waals surface area contributed by atoms with Crippen molar-refractivity contribution in [1.82, 2.24) is 0 Å². The van der Waals surface area contributed by atoms with Crippen LogP contribution in [0.5, 0.6) is 0 Å². The lowest BCUT2D eigenvalue weighted by Gasteiger charge is -2.42. The molecule has 102 valence electrons. The van der Waals surface area contributed by atoms with Gasteiger partial charge in [-0.25, -0.2) is 4.79 Å². The van der Waals surface area contributed by atoms with E-state index < -0.39 is 17.1 Å². The zero-order valence-electron chi connectivity index (χ0n) is 11.6. The number of hydrogen-bond donors (Lipinski definition) is 0. The Balaban J connectivity index is 2.19. The second-order valence-corrected chi connectivity index (χ2v) is 5.85. The smallest absolute Gasteiger partial charge is 0.335 e. The van der Waals surface area contributed by atoms with Gasteiger partial charge >= 0.3 is 5.97 Å². The number of carbonyl (C=O) groups is 1. The highest BCUT2D eigenvalue weighted by atomic mass is 16.6. The van der Waals surface area contributed by atoms with Gasteiger partial charge in [-0.15, -0.1) is 0 Å². The van der Waals surface area contributed by atoms with Crippen LogP contribution in [-0.4, -0.2) is 22.8 Å². The standard InChI is InChI=1S/C16H16N2O2/c1-15(9-10-17)14(19)20-16(2)8-7-11-5-3-4-6-12(11)13(16)18-15/h3-6H,7-9H2,1-2H3/t15-,16+/m0/s1. The molecule has 0 radical (unpaired) electrons. The number of aliphatic imine (C=N–C) groups is 1. The fourth-order valence-electron chi connectivity index (χ4n) is 2.90. The summed E-state index contributed by atoms with van der Waals surface area (Å²) in [6, 6.07) is 10.1. The lowest BCUT2D eigenvalue weighted by molar-refractivity contribution is -0.160. The second kappa shape index (κ2) is 4.17. The molecule has 4 nitrogen and oxygen atoms in total. The van der Waals surface area contributed by atoms with Crippen molar-refractivity contribution in [2.24, 2.45) is 4.99 Å². The van der Waals surface area contributed by atoms with Crippen LogP contribution in [0, 0.1) is 11.3 Å². The second-order valence-electron chi connectivity index (χ2n) is 5.85. The largest absolute Gasteiger partial charge is 0.451 e. The van der Waals surface area contributed by atoms with Crippen molar-refractivity contribution in [3.8, 4) is 6.07 Å². The van der Waals surface area contributed by atoms with Crippen LogP contribution in [0.2, 0.25) is 0 Å². The summed E-state index contributed by atoms with van der Waals surface area (Å²) in [7, 11) is 0. The number of carbonyl (C=O) groups excluding carboxylic acids is 1. The molecular weight excluding hydrogens is 252 g/mol. The van der Waals surface area contributed by atoms with Crippen LogP contribution in [-0.2, 0) is 16.0 Å². The van der Waals surface area contributed by atoms with E-state index in [0.29, 0.717) is 0 Å². The summed E-state index contributed by atoms with van der Waals surface area (Å²) in [4.78, 5) is 16.8. The van der Waals surface area contributed by atoms with Crippen molar-refractivity contribution in [2.75, 3.05) is 0 Å². The third-order valence-electron chi connectivity index (χ3n) is 4.18. The number of rotatable bonds is 1. The molecular formula is C16H16N2O2. The predicted molar refractivity (Wildman–Crippen MR) is 74.4 cm³/mol. The van der Waals surface area contributed by atoms with Gasteiger partial charge in [-0.1, -0.05) is 24.3 Å². The third-order valence-corrected chi connectivity index (χ3v) is 4.18. The first-order valence-corrected chi connectivity index (χ1v) is 6.77. The summed E-state index contributed by atoms with van der Waals surface area (Å²) in [5.74, 6) is -0.398. The maximum absolute atomic E-state index is 12.2. The minimum Gasteiger partial charge on any atom is -0.451 e. The SMILES string of the molecule is C[C@@]12CCc3ccccc3C1=N[C@@](C)(CC#N)C(=O)O2. The molecule has 1 aromatic carbocycles. The molecule has 0 saturated carbocycles. The van der Waals surface area contributed by atoms with E-state index in [0.717, 1.165) is 24.1 Å². The minimum atomic E-state index is -1.09. The highest BCUT2D eigenvalue weighted by Gasteiger charge is 2.50. The van der Waals surface area contributed by atoms with E-state index in [4.69, 9.17) is 10.00 Å². The number of esters is 1. The van der Waals surface area contributed by atoms with E-state index in [1.807, 2.05) is 31.2 Å². The predicted octanol–water partition coefficient (Wildman–Crippen LogP) is 2.41. The number of hydrogen-bond acceptors (Lipinski definition) is 4. The zero-order chi connectivity index (χ0) is 14.4. The Labute approximate surface area is 118 Å². The highest BCUT2D eigenvalue weighted by Crippen LogP contribution is 2.38. The molecule has 0 spiro atoms. The van der Waals surface area contributed by atoms with Gasteiger partial charge in [-0.2, -0.15) is 5.26 Å².